The van der Waals surface area contributed by atoms with E-state index in [9.17, 15) is 5.11 Å². The predicted octanol–water partition coefficient (Wildman–Crippen LogP) is 0.511. The van der Waals surface area contributed by atoms with E-state index in [0.717, 1.165) is 6.42 Å². The summed E-state index contributed by atoms with van der Waals surface area (Å²) in [6, 6.07) is 0. The summed E-state index contributed by atoms with van der Waals surface area (Å²) in [5.41, 5.74) is 5.15. The molecule has 72 valence electrons. The highest BCUT2D eigenvalue weighted by atomic mass is 16.5. The van der Waals surface area contributed by atoms with Crippen LogP contribution >= 0.6 is 0 Å². The van der Waals surface area contributed by atoms with Gasteiger partial charge in [0, 0.05) is 18.6 Å². The molecule has 0 aromatic rings. The standard InChI is InChI=1S/C9H19NO2/c1-7(11)9(6-10)4-5-12-8(9,2)3/h7,11H,4-6,10H2,1-3H3. The van der Waals surface area contributed by atoms with Gasteiger partial charge in [0.1, 0.15) is 0 Å². The molecule has 2 atom stereocenters. The quantitative estimate of drug-likeness (QED) is 0.639. The molecule has 0 bridgehead atoms. The molecular weight excluding hydrogens is 154 g/mol. The Bertz CT molecular complexity index is 168. The minimum Gasteiger partial charge on any atom is -0.393 e. The highest BCUT2D eigenvalue weighted by Gasteiger charge is 2.52. The molecule has 3 N–H and O–H groups in total. The Morgan fingerprint density at radius 2 is 2.17 bits per heavy atom. The normalized spacial score (nSPS) is 36.8. The topological polar surface area (TPSA) is 55.5 Å². The molecule has 3 heteroatoms. The maximum atomic E-state index is 9.68. The average molecular weight is 173 g/mol. The highest BCUT2D eigenvalue weighted by Crippen LogP contribution is 2.45. The fourth-order valence-electron chi connectivity index (χ4n) is 2.16. The molecule has 3 nitrogen and oxygen atoms in total. The first kappa shape index (κ1) is 9.96. The van der Waals surface area contributed by atoms with Crippen LogP contribution in [0.1, 0.15) is 27.2 Å². The molecule has 0 radical (unpaired) electrons. The van der Waals surface area contributed by atoms with E-state index < -0.39 is 6.10 Å². The summed E-state index contributed by atoms with van der Waals surface area (Å²) >= 11 is 0. The van der Waals surface area contributed by atoms with Crippen molar-refractivity contribution >= 4 is 0 Å². The Hall–Kier alpha value is -0.120. The summed E-state index contributed by atoms with van der Waals surface area (Å²) < 4.78 is 5.57. The molecule has 0 aromatic carbocycles. The van der Waals surface area contributed by atoms with Crippen molar-refractivity contribution in [3.63, 3.8) is 0 Å². The summed E-state index contributed by atoms with van der Waals surface area (Å²) in [6.07, 6.45) is 0.453. The Morgan fingerprint density at radius 3 is 2.33 bits per heavy atom. The van der Waals surface area contributed by atoms with Crippen molar-refractivity contribution in [2.75, 3.05) is 13.2 Å². The van der Waals surface area contributed by atoms with E-state index in [0.29, 0.717) is 13.2 Å². The second-order valence-corrected chi connectivity index (χ2v) is 4.15. The number of nitrogens with two attached hydrogens (primary N) is 1. The SMILES string of the molecule is CC(O)C1(CN)CCOC1(C)C. The third-order valence-corrected chi connectivity index (χ3v) is 3.37. The first-order valence-electron chi connectivity index (χ1n) is 4.48. The van der Waals surface area contributed by atoms with Crippen molar-refractivity contribution in [2.24, 2.45) is 11.1 Å². The highest BCUT2D eigenvalue weighted by molar-refractivity contribution is 5.02. The van der Waals surface area contributed by atoms with E-state index in [4.69, 9.17) is 10.5 Å². The van der Waals surface area contributed by atoms with E-state index in [1.165, 1.54) is 0 Å². The van der Waals surface area contributed by atoms with E-state index in [2.05, 4.69) is 0 Å². The van der Waals surface area contributed by atoms with Crippen LogP contribution in [0.4, 0.5) is 0 Å². The Morgan fingerprint density at radius 1 is 1.58 bits per heavy atom. The summed E-state index contributed by atoms with van der Waals surface area (Å²) in [7, 11) is 0. The molecule has 1 aliphatic heterocycles. The number of aliphatic hydroxyl groups is 1. The summed E-state index contributed by atoms with van der Waals surface area (Å²) in [6.45, 7) is 6.98. The van der Waals surface area contributed by atoms with Crippen LogP contribution in [0, 0.1) is 5.41 Å². The monoisotopic (exact) mass is 173 g/mol. The van der Waals surface area contributed by atoms with Crippen molar-refractivity contribution in [2.45, 2.75) is 38.9 Å². The van der Waals surface area contributed by atoms with Gasteiger partial charge in [0.05, 0.1) is 11.7 Å². The molecule has 1 aliphatic rings. The molecule has 1 heterocycles. The van der Waals surface area contributed by atoms with Gasteiger partial charge < -0.3 is 15.6 Å². The Balaban J connectivity index is 2.92. The zero-order chi connectivity index (χ0) is 9.41. The van der Waals surface area contributed by atoms with E-state index in [1.807, 2.05) is 13.8 Å². The molecular formula is C9H19NO2. The zero-order valence-electron chi connectivity index (χ0n) is 8.13. The Kier molecular flexibility index (Phi) is 2.47. The minimum absolute atomic E-state index is 0.257. The second kappa shape index (κ2) is 2.98. The fourth-order valence-corrected chi connectivity index (χ4v) is 2.16. The average Bonchev–Trinajstić information content (AvgIpc) is 2.25. The molecule has 1 saturated heterocycles. The van der Waals surface area contributed by atoms with Crippen LogP contribution < -0.4 is 5.73 Å². The number of hydrogen-bond donors (Lipinski definition) is 2. The van der Waals surface area contributed by atoms with Crippen LogP contribution in [0.15, 0.2) is 0 Å². The molecule has 0 spiro atoms. The van der Waals surface area contributed by atoms with E-state index >= 15 is 0 Å². The first-order valence-corrected chi connectivity index (χ1v) is 4.48. The molecule has 12 heavy (non-hydrogen) atoms. The van der Waals surface area contributed by atoms with Crippen molar-refractivity contribution in [1.29, 1.82) is 0 Å². The summed E-state index contributed by atoms with van der Waals surface area (Å²) in [4.78, 5) is 0. The van der Waals surface area contributed by atoms with Gasteiger partial charge in [-0.15, -0.1) is 0 Å². The van der Waals surface area contributed by atoms with Crippen LogP contribution in [0.2, 0.25) is 0 Å². The van der Waals surface area contributed by atoms with Gasteiger partial charge in [-0.1, -0.05) is 0 Å². The van der Waals surface area contributed by atoms with Crippen molar-refractivity contribution < 1.29 is 9.84 Å². The van der Waals surface area contributed by atoms with Crippen molar-refractivity contribution in [1.82, 2.24) is 0 Å². The number of rotatable bonds is 2. The van der Waals surface area contributed by atoms with Gasteiger partial charge in [-0.05, 0) is 27.2 Å². The van der Waals surface area contributed by atoms with Crippen molar-refractivity contribution in [3.05, 3.63) is 0 Å². The minimum atomic E-state index is -0.403. The molecule has 0 aromatic heterocycles. The summed E-state index contributed by atoms with van der Waals surface area (Å²) in [5.74, 6) is 0. The first-order chi connectivity index (χ1) is 5.46. The predicted molar refractivity (Wildman–Crippen MR) is 47.8 cm³/mol. The smallest absolute Gasteiger partial charge is 0.0720 e. The third-order valence-electron chi connectivity index (χ3n) is 3.37. The van der Waals surface area contributed by atoms with Gasteiger partial charge in [0.15, 0.2) is 0 Å². The van der Waals surface area contributed by atoms with Crippen LogP contribution in [0.25, 0.3) is 0 Å². The molecule has 0 saturated carbocycles. The van der Waals surface area contributed by atoms with Crippen LogP contribution in [0.3, 0.4) is 0 Å². The molecule has 0 aliphatic carbocycles. The molecule has 1 fully saturated rings. The lowest BCUT2D eigenvalue weighted by molar-refractivity contribution is -0.0817. The lowest BCUT2D eigenvalue weighted by Crippen LogP contribution is -2.52. The van der Waals surface area contributed by atoms with Gasteiger partial charge in [0.25, 0.3) is 0 Å². The number of ether oxygens (including phenoxy) is 1. The second-order valence-electron chi connectivity index (χ2n) is 4.15. The molecule has 2 unspecified atom stereocenters. The van der Waals surface area contributed by atoms with E-state index in [1.54, 1.807) is 6.92 Å². The third kappa shape index (κ3) is 1.16. The maximum absolute atomic E-state index is 9.68. The molecule has 0 amide bonds. The fraction of sp³-hybridized carbons (Fsp3) is 1.00. The zero-order valence-corrected chi connectivity index (χ0v) is 8.13. The van der Waals surface area contributed by atoms with Crippen LogP contribution in [0.5, 0.6) is 0 Å². The van der Waals surface area contributed by atoms with Gasteiger partial charge in [-0.3, -0.25) is 0 Å². The van der Waals surface area contributed by atoms with Gasteiger partial charge in [-0.25, -0.2) is 0 Å². The molecule has 1 rings (SSSR count). The maximum Gasteiger partial charge on any atom is 0.0720 e. The Labute approximate surface area is 73.9 Å². The summed E-state index contributed by atoms with van der Waals surface area (Å²) in [5, 5.41) is 9.68. The number of hydrogen-bond acceptors (Lipinski definition) is 3. The van der Waals surface area contributed by atoms with Gasteiger partial charge >= 0.3 is 0 Å². The van der Waals surface area contributed by atoms with Gasteiger partial charge in [-0.2, -0.15) is 0 Å². The number of aliphatic hydroxyl groups excluding tert-OH is 1. The van der Waals surface area contributed by atoms with E-state index in [-0.39, 0.29) is 11.0 Å². The van der Waals surface area contributed by atoms with Crippen LogP contribution in [-0.4, -0.2) is 30.0 Å². The van der Waals surface area contributed by atoms with Gasteiger partial charge in [0.2, 0.25) is 0 Å². The largest absolute Gasteiger partial charge is 0.393 e. The lowest BCUT2D eigenvalue weighted by atomic mass is 9.69. The van der Waals surface area contributed by atoms with Crippen molar-refractivity contribution in [3.8, 4) is 0 Å². The lowest BCUT2D eigenvalue weighted by Gasteiger charge is -2.41. The van der Waals surface area contributed by atoms with Crippen LogP contribution in [-0.2, 0) is 4.74 Å².